The van der Waals surface area contributed by atoms with E-state index in [-0.39, 0.29) is 5.91 Å². The molecule has 0 radical (unpaired) electrons. The minimum Gasteiger partial charge on any atom is -0.383 e. The number of nitrogen functional groups attached to an aromatic ring is 1. The molecule has 0 atom stereocenters. The van der Waals surface area contributed by atoms with Gasteiger partial charge in [-0.15, -0.1) is 0 Å². The van der Waals surface area contributed by atoms with Gasteiger partial charge in [-0.25, -0.2) is 0 Å². The highest BCUT2D eigenvalue weighted by Gasteiger charge is 2.09. The van der Waals surface area contributed by atoms with E-state index >= 15 is 0 Å². The number of nitrogens with two attached hydrogens (primary N) is 1. The van der Waals surface area contributed by atoms with Gasteiger partial charge >= 0.3 is 0 Å². The average molecular weight is 200 g/mol. The number of aromatic nitrogens is 2. The molecule has 0 aliphatic rings. The molecule has 5 nitrogen and oxygen atoms in total. The fraction of sp³-hybridized carbons (Fsp3) is 0.429. The van der Waals surface area contributed by atoms with Crippen LogP contribution in [-0.2, 0) is 0 Å². The Kier molecular flexibility index (Phi) is 3.63. The number of amides is 1. The fourth-order valence-electron chi connectivity index (χ4n) is 0.839. The molecule has 1 aromatic rings. The minimum absolute atomic E-state index is 0.180. The van der Waals surface area contributed by atoms with Crippen LogP contribution in [0.4, 0.5) is 5.82 Å². The number of H-pyrrole nitrogens is 1. The van der Waals surface area contributed by atoms with Gasteiger partial charge in [0.15, 0.2) is 0 Å². The van der Waals surface area contributed by atoms with Crippen molar-refractivity contribution in [3.05, 3.63) is 11.8 Å². The Morgan fingerprint density at radius 2 is 2.62 bits per heavy atom. The number of carbonyl (C=O) groups is 1. The van der Waals surface area contributed by atoms with Gasteiger partial charge in [-0.05, 0) is 6.26 Å². The Bertz CT molecular complexity index is 286. The topological polar surface area (TPSA) is 83.8 Å². The van der Waals surface area contributed by atoms with Crippen molar-refractivity contribution < 1.29 is 4.79 Å². The van der Waals surface area contributed by atoms with Gasteiger partial charge in [0.05, 0.1) is 6.20 Å². The van der Waals surface area contributed by atoms with E-state index in [0.717, 1.165) is 5.75 Å². The molecule has 13 heavy (non-hydrogen) atoms. The number of rotatable bonds is 4. The van der Waals surface area contributed by atoms with Crippen LogP contribution in [0.15, 0.2) is 6.20 Å². The first-order valence-electron chi connectivity index (χ1n) is 3.81. The zero-order valence-electron chi connectivity index (χ0n) is 7.33. The Labute approximate surface area is 80.5 Å². The number of aromatic amines is 1. The highest BCUT2D eigenvalue weighted by atomic mass is 32.2. The first-order chi connectivity index (χ1) is 6.25. The molecule has 0 unspecified atom stereocenters. The second-order valence-electron chi connectivity index (χ2n) is 2.45. The van der Waals surface area contributed by atoms with E-state index < -0.39 is 0 Å². The van der Waals surface area contributed by atoms with Crippen molar-refractivity contribution in [2.75, 3.05) is 24.3 Å². The van der Waals surface area contributed by atoms with E-state index in [0.29, 0.717) is 17.9 Å². The molecule has 72 valence electrons. The van der Waals surface area contributed by atoms with Gasteiger partial charge in [0.2, 0.25) is 0 Å². The molecule has 0 spiro atoms. The van der Waals surface area contributed by atoms with E-state index in [9.17, 15) is 4.79 Å². The molecule has 1 amide bonds. The molecular formula is C7H12N4OS. The molecule has 1 rings (SSSR count). The van der Waals surface area contributed by atoms with Crippen LogP contribution >= 0.6 is 11.8 Å². The van der Waals surface area contributed by atoms with E-state index in [1.165, 1.54) is 6.20 Å². The molecular weight excluding hydrogens is 188 g/mol. The van der Waals surface area contributed by atoms with Crippen LogP contribution in [0.5, 0.6) is 0 Å². The number of anilines is 1. The quantitative estimate of drug-likeness (QED) is 0.601. The summed E-state index contributed by atoms with van der Waals surface area (Å²) in [5, 5.41) is 8.88. The van der Waals surface area contributed by atoms with Gasteiger partial charge < -0.3 is 11.1 Å². The summed E-state index contributed by atoms with van der Waals surface area (Å²) in [6, 6.07) is 0. The van der Waals surface area contributed by atoms with Crippen LogP contribution < -0.4 is 11.1 Å². The molecule has 0 aliphatic heterocycles. The molecule has 0 fully saturated rings. The second-order valence-corrected chi connectivity index (χ2v) is 3.43. The van der Waals surface area contributed by atoms with Crippen molar-refractivity contribution in [2.45, 2.75) is 0 Å². The first kappa shape index (κ1) is 9.91. The fourth-order valence-corrected chi connectivity index (χ4v) is 1.15. The molecule has 0 aliphatic carbocycles. The molecule has 0 saturated carbocycles. The number of nitrogens with zero attached hydrogens (tertiary/aromatic N) is 1. The van der Waals surface area contributed by atoms with Crippen LogP contribution in [-0.4, -0.2) is 34.7 Å². The van der Waals surface area contributed by atoms with Gasteiger partial charge in [-0.2, -0.15) is 16.9 Å². The van der Waals surface area contributed by atoms with Crippen LogP contribution in [0.25, 0.3) is 0 Å². The predicted octanol–water partition coefficient (Wildman–Crippen LogP) is 0.0847. The maximum absolute atomic E-state index is 11.3. The van der Waals surface area contributed by atoms with E-state index in [2.05, 4.69) is 15.5 Å². The van der Waals surface area contributed by atoms with E-state index in [4.69, 9.17) is 5.73 Å². The second kappa shape index (κ2) is 4.76. The highest BCUT2D eigenvalue weighted by molar-refractivity contribution is 7.98. The van der Waals surface area contributed by atoms with Gasteiger partial charge in [-0.1, -0.05) is 0 Å². The Hall–Kier alpha value is -1.17. The predicted molar refractivity (Wildman–Crippen MR) is 53.7 cm³/mol. The average Bonchev–Trinajstić information content (AvgIpc) is 2.52. The number of hydrogen-bond acceptors (Lipinski definition) is 4. The van der Waals surface area contributed by atoms with E-state index in [1.54, 1.807) is 11.8 Å². The number of hydrogen-bond donors (Lipinski definition) is 3. The lowest BCUT2D eigenvalue weighted by atomic mass is 10.3. The number of thioether (sulfide) groups is 1. The van der Waals surface area contributed by atoms with Gasteiger partial charge in [0.25, 0.3) is 5.91 Å². The van der Waals surface area contributed by atoms with Crippen molar-refractivity contribution >= 4 is 23.5 Å². The molecule has 0 aromatic carbocycles. The molecule has 0 saturated heterocycles. The van der Waals surface area contributed by atoms with Crippen molar-refractivity contribution in [1.29, 1.82) is 0 Å². The van der Waals surface area contributed by atoms with Crippen LogP contribution in [0.2, 0.25) is 0 Å². The smallest absolute Gasteiger partial charge is 0.256 e. The Balaban J connectivity index is 2.45. The summed E-state index contributed by atoms with van der Waals surface area (Å²) in [5.74, 6) is 1.02. The van der Waals surface area contributed by atoms with Gasteiger partial charge in [0.1, 0.15) is 11.4 Å². The summed E-state index contributed by atoms with van der Waals surface area (Å²) in [4.78, 5) is 11.3. The summed E-state index contributed by atoms with van der Waals surface area (Å²) in [6.45, 7) is 0.643. The molecule has 1 heterocycles. The summed E-state index contributed by atoms with van der Waals surface area (Å²) >= 11 is 1.68. The van der Waals surface area contributed by atoms with Crippen molar-refractivity contribution in [2.24, 2.45) is 0 Å². The van der Waals surface area contributed by atoms with Crippen molar-refractivity contribution in [3.8, 4) is 0 Å². The summed E-state index contributed by atoms with van der Waals surface area (Å²) in [6.07, 6.45) is 3.40. The Morgan fingerprint density at radius 3 is 3.15 bits per heavy atom. The maximum Gasteiger partial charge on any atom is 0.256 e. The molecule has 0 bridgehead atoms. The SMILES string of the molecule is CSCCNC(=O)c1cn[nH]c1N. The number of carbonyl (C=O) groups excluding carboxylic acids is 1. The monoisotopic (exact) mass is 200 g/mol. The normalized spacial score (nSPS) is 9.92. The molecule has 1 aromatic heterocycles. The third kappa shape index (κ3) is 2.66. The van der Waals surface area contributed by atoms with Crippen LogP contribution in [0, 0.1) is 0 Å². The zero-order valence-corrected chi connectivity index (χ0v) is 8.15. The standard InChI is InChI=1S/C7H12N4OS/c1-13-3-2-9-7(12)5-4-10-11-6(5)8/h4H,2-3H2,1H3,(H,9,12)(H3,8,10,11). The lowest BCUT2D eigenvalue weighted by molar-refractivity contribution is 0.0957. The molecule has 6 heteroatoms. The van der Waals surface area contributed by atoms with Gasteiger partial charge in [-0.3, -0.25) is 9.89 Å². The minimum atomic E-state index is -0.180. The largest absolute Gasteiger partial charge is 0.383 e. The van der Waals surface area contributed by atoms with Crippen molar-refractivity contribution in [1.82, 2.24) is 15.5 Å². The maximum atomic E-state index is 11.3. The zero-order chi connectivity index (χ0) is 9.68. The Morgan fingerprint density at radius 1 is 1.85 bits per heavy atom. The van der Waals surface area contributed by atoms with E-state index in [1.807, 2.05) is 6.26 Å². The van der Waals surface area contributed by atoms with Crippen LogP contribution in [0.3, 0.4) is 0 Å². The lowest BCUT2D eigenvalue weighted by Gasteiger charge is -2.01. The molecule has 4 N–H and O–H groups in total. The number of nitrogens with one attached hydrogen (secondary N) is 2. The summed E-state index contributed by atoms with van der Waals surface area (Å²) < 4.78 is 0. The summed E-state index contributed by atoms with van der Waals surface area (Å²) in [5.41, 5.74) is 5.87. The highest BCUT2D eigenvalue weighted by Crippen LogP contribution is 2.04. The van der Waals surface area contributed by atoms with Crippen molar-refractivity contribution in [3.63, 3.8) is 0 Å². The third-order valence-corrected chi connectivity index (χ3v) is 2.12. The lowest BCUT2D eigenvalue weighted by Crippen LogP contribution is -2.26. The van der Waals surface area contributed by atoms with Gasteiger partial charge in [0, 0.05) is 12.3 Å². The third-order valence-electron chi connectivity index (χ3n) is 1.51. The summed E-state index contributed by atoms with van der Waals surface area (Å²) in [7, 11) is 0. The first-order valence-corrected chi connectivity index (χ1v) is 5.21. The van der Waals surface area contributed by atoms with Crippen LogP contribution in [0.1, 0.15) is 10.4 Å².